The molecule has 3 aliphatic rings. The Morgan fingerprint density at radius 3 is 2.52 bits per heavy atom. The summed E-state index contributed by atoms with van der Waals surface area (Å²) in [6.45, 7) is 6.04. The number of rotatable bonds is 4. The lowest BCUT2D eigenvalue weighted by atomic mass is 9.89. The molecule has 1 atom stereocenters. The highest BCUT2D eigenvalue weighted by Crippen LogP contribution is 2.46. The molecule has 152 valence electrons. The zero-order valence-corrected chi connectivity index (χ0v) is 17.0. The van der Waals surface area contributed by atoms with Gasteiger partial charge in [-0.1, -0.05) is 30.3 Å². The van der Waals surface area contributed by atoms with Crippen molar-refractivity contribution in [3.63, 3.8) is 0 Å². The average molecular weight is 392 g/mol. The van der Waals surface area contributed by atoms with Gasteiger partial charge in [0.15, 0.2) is 11.5 Å². The van der Waals surface area contributed by atoms with Gasteiger partial charge in [0.1, 0.15) is 0 Å². The minimum absolute atomic E-state index is 0.0938. The van der Waals surface area contributed by atoms with Crippen molar-refractivity contribution in [3.05, 3.63) is 53.6 Å². The molecule has 29 heavy (non-hydrogen) atoms. The third-order valence-corrected chi connectivity index (χ3v) is 6.69. The van der Waals surface area contributed by atoms with E-state index < -0.39 is 0 Å². The molecule has 3 aliphatic heterocycles. The first-order valence-electron chi connectivity index (χ1n) is 10.7. The van der Waals surface area contributed by atoms with Gasteiger partial charge in [-0.3, -0.25) is 4.79 Å². The lowest BCUT2D eigenvalue weighted by Gasteiger charge is -2.32. The van der Waals surface area contributed by atoms with Crippen LogP contribution in [-0.2, 0) is 4.79 Å². The van der Waals surface area contributed by atoms with Crippen LogP contribution in [0.3, 0.4) is 0 Å². The fourth-order valence-electron chi connectivity index (χ4n) is 5.02. The molecule has 5 heteroatoms. The second-order valence-electron chi connectivity index (χ2n) is 8.41. The molecule has 2 aromatic rings. The molecule has 1 unspecified atom stereocenters. The maximum atomic E-state index is 12.2. The highest BCUT2D eigenvalue weighted by atomic mass is 16.7. The molecule has 1 amide bonds. The molecule has 0 N–H and O–H groups in total. The Labute approximate surface area is 172 Å². The molecule has 0 aromatic heterocycles. The normalized spacial score (nSPS) is 21.4. The lowest BCUT2D eigenvalue weighted by Crippen LogP contribution is -2.35. The number of likely N-dealkylation sites (tertiary alicyclic amines) is 1. The fraction of sp³-hybridized carbons (Fsp3) is 0.458. The molecule has 5 nitrogen and oxygen atoms in total. The first kappa shape index (κ1) is 18.5. The van der Waals surface area contributed by atoms with Crippen LogP contribution in [0.5, 0.6) is 11.5 Å². The van der Waals surface area contributed by atoms with Crippen molar-refractivity contribution in [2.75, 3.05) is 37.9 Å². The third kappa shape index (κ3) is 3.60. The van der Waals surface area contributed by atoms with Gasteiger partial charge >= 0.3 is 0 Å². The second-order valence-corrected chi connectivity index (χ2v) is 8.41. The van der Waals surface area contributed by atoms with Crippen LogP contribution in [0.15, 0.2) is 42.5 Å². The highest BCUT2D eigenvalue weighted by molar-refractivity contribution is 5.95. The van der Waals surface area contributed by atoms with Crippen molar-refractivity contribution < 1.29 is 14.3 Å². The summed E-state index contributed by atoms with van der Waals surface area (Å²) in [7, 11) is 0. The second kappa shape index (κ2) is 7.71. The Hall–Kier alpha value is -2.53. The number of hydrogen-bond acceptors (Lipinski definition) is 4. The van der Waals surface area contributed by atoms with Crippen molar-refractivity contribution in [2.45, 2.75) is 38.0 Å². The molecule has 0 radical (unpaired) electrons. The van der Waals surface area contributed by atoms with E-state index >= 15 is 0 Å². The van der Waals surface area contributed by atoms with Crippen molar-refractivity contribution in [1.82, 2.24) is 4.90 Å². The van der Waals surface area contributed by atoms with Crippen LogP contribution in [0, 0.1) is 0 Å². The van der Waals surface area contributed by atoms with Crippen LogP contribution in [0.1, 0.15) is 49.1 Å². The maximum absolute atomic E-state index is 12.2. The molecule has 2 aromatic carbocycles. The smallest absolute Gasteiger partial charge is 0.231 e. The van der Waals surface area contributed by atoms with Gasteiger partial charge in [0.25, 0.3) is 0 Å². The summed E-state index contributed by atoms with van der Waals surface area (Å²) in [6.07, 6.45) is 3.51. The van der Waals surface area contributed by atoms with Gasteiger partial charge < -0.3 is 19.3 Å². The molecule has 3 heterocycles. The molecule has 1 fully saturated rings. The van der Waals surface area contributed by atoms with Crippen LogP contribution >= 0.6 is 0 Å². The van der Waals surface area contributed by atoms with Gasteiger partial charge in [0.05, 0.1) is 5.69 Å². The predicted molar refractivity (Wildman–Crippen MR) is 113 cm³/mol. The van der Waals surface area contributed by atoms with E-state index in [9.17, 15) is 4.79 Å². The van der Waals surface area contributed by atoms with Crippen LogP contribution in [0.25, 0.3) is 0 Å². The maximum Gasteiger partial charge on any atom is 0.231 e. The van der Waals surface area contributed by atoms with E-state index in [0.717, 1.165) is 49.8 Å². The highest BCUT2D eigenvalue weighted by Gasteiger charge is 2.34. The summed E-state index contributed by atoms with van der Waals surface area (Å²) in [4.78, 5) is 16.7. The zero-order valence-electron chi connectivity index (χ0n) is 17.0. The lowest BCUT2D eigenvalue weighted by molar-refractivity contribution is -0.116. The number of piperidine rings is 1. The van der Waals surface area contributed by atoms with Crippen molar-refractivity contribution >= 4 is 11.6 Å². The van der Waals surface area contributed by atoms with E-state index in [1.54, 1.807) is 6.92 Å². The monoisotopic (exact) mass is 392 g/mol. The van der Waals surface area contributed by atoms with E-state index in [1.807, 2.05) is 11.0 Å². The minimum atomic E-state index is 0.0938. The Balaban J connectivity index is 1.23. The molecule has 0 spiro atoms. The number of anilines is 1. The standard InChI is InChI=1S/C24H28N2O3/c1-17(27)26-15-20(21-13-23-24(14-22(21)26)29-16-28-23)9-12-25-10-7-19(8-11-25)18-5-3-2-4-6-18/h2-6,13-14,19-20H,7-12,15-16H2,1H3. The Morgan fingerprint density at radius 2 is 1.79 bits per heavy atom. The van der Waals surface area contributed by atoms with E-state index in [4.69, 9.17) is 9.47 Å². The van der Waals surface area contributed by atoms with Crippen LogP contribution in [-0.4, -0.2) is 43.8 Å². The van der Waals surface area contributed by atoms with E-state index in [0.29, 0.717) is 11.8 Å². The van der Waals surface area contributed by atoms with Gasteiger partial charge in [-0.25, -0.2) is 0 Å². The zero-order chi connectivity index (χ0) is 19.8. The Bertz CT molecular complexity index is 890. The number of carbonyl (C=O) groups excluding carboxylic acids is 1. The fourth-order valence-corrected chi connectivity index (χ4v) is 5.02. The Kier molecular flexibility index (Phi) is 4.92. The van der Waals surface area contributed by atoms with Crippen molar-refractivity contribution in [1.29, 1.82) is 0 Å². The van der Waals surface area contributed by atoms with Crippen LogP contribution in [0.2, 0.25) is 0 Å². The molecule has 0 bridgehead atoms. The summed E-state index contributed by atoms with van der Waals surface area (Å²) < 4.78 is 11.1. The van der Waals surface area contributed by atoms with Gasteiger partial charge in [-0.05, 0) is 62.0 Å². The van der Waals surface area contributed by atoms with Crippen LogP contribution < -0.4 is 14.4 Å². The summed E-state index contributed by atoms with van der Waals surface area (Å²) in [5.74, 6) is 2.69. The molecule has 0 aliphatic carbocycles. The van der Waals surface area contributed by atoms with Crippen molar-refractivity contribution in [3.8, 4) is 11.5 Å². The largest absolute Gasteiger partial charge is 0.454 e. The molecule has 1 saturated heterocycles. The summed E-state index contributed by atoms with van der Waals surface area (Å²) in [6, 6.07) is 15.0. The molecular weight excluding hydrogens is 364 g/mol. The van der Waals surface area contributed by atoms with Crippen molar-refractivity contribution in [2.24, 2.45) is 0 Å². The number of benzene rings is 2. The first-order valence-corrected chi connectivity index (χ1v) is 10.7. The van der Waals surface area contributed by atoms with Gasteiger partial charge in [-0.15, -0.1) is 0 Å². The minimum Gasteiger partial charge on any atom is -0.454 e. The molecule has 0 saturated carbocycles. The molecular formula is C24H28N2O3. The number of hydrogen-bond donors (Lipinski definition) is 0. The number of amides is 1. The van der Waals surface area contributed by atoms with Crippen LogP contribution in [0.4, 0.5) is 5.69 Å². The topological polar surface area (TPSA) is 42.0 Å². The van der Waals surface area contributed by atoms with E-state index in [1.165, 1.54) is 24.0 Å². The Morgan fingerprint density at radius 1 is 1.07 bits per heavy atom. The number of fused-ring (bicyclic) bond motifs is 2. The number of ether oxygens (including phenoxy) is 2. The van der Waals surface area contributed by atoms with E-state index in [2.05, 4.69) is 41.3 Å². The summed E-state index contributed by atoms with van der Waals surface area (Å²) in [5.41, 5.74) is 3.70. The quantitative estimate of drug-likeness (QED) is 0.784. The SMILES string of the molecule is CC(=O)N1CC(CCN2CCC(c3ccccc3)CC2)c2cc3c(cc21)OCO3. The number of carbonyl (C=O) groups is 1. The summed E-state index contributed by atoms with van der Waals surface area (Å²) >= 11 is 0. The summed E-state index contributed by atoms with van der Waals surface area (Å²) in [5, 5.41) is 0. The van der Waals surface area contributed by atoms with Gasteiger partial charge in [0, 0.05) is 25.5 Å². The van der Waals surface area contributed by atoms with E-state index in [-0.39, 0.29) is 12.7 Å². The predicted octanol–water partition coefficient (Wildman–Crippen LogP) is 4.14. The van der Waals surface area contributed by atoms with Gasteiger partial charge in [0.2, 0.25) is 12.7 Å². The van der Waals surface area contributed by atoms with Gasteiger partial charge in [-0.2, -0.15) is 0 Å². The average Bonchev–Trinajstić information content (AvgIpc) is 3.35. The molecule has 5 rings (SSSR count). The first-order chi connectivity index (χ1) is 14.2. The third-order valence-electron chi connectivity index (χ3n) is 6.69. The number of nitrogens with zero attached hydrogens (tertiary/aromatic N) is 2.